The minimum Gasteiger partial charge on any atom is -0.460 e. The number of esters is 1. The van der Waals surface area contributed by atoms with Crippen LogP contribution in [0.2, 0.25) is 0 Å². The highest BCUT2D eigenvalue weighted by atomic mass is 16.5. The summed E-state index contributed by atoms with van der Waals surface area (Å²) in [6.45, 7) is 9.05. The highest BCUT2D eigenvalue weighted by Gasteiger charge is 2.30. The second kappa shape index (κ2) is 13.1. The van der Waals surface area contributed by atoms with Gasteiger partial charge in [-0.15, -0.1) is 0 Å². The van der Waals surface area contributed by atoms with E-state index in [9.17, 15) is 19.2 Å². The zero-order valence-corrected chi connectivity index (χ0v) is 18.0. The Balaban J connectivity index is 2.57. The lowest BCUT2D eigenvalue weighted by Crippen LogP contribution is -2.49. The van der Waals surface area contributed by atoms with E-state index in [1.807, 2.05) is 13.8 Å². The molecule has 0 aromatic carbocycles. The molecule has 0 aliphatic heterocycles. The Labute approximate surface area is 174 Å². The molecule has 0 heterocycles. The number of carbonyl (C=O) groups is 4. The van der Waals surface area contributed by atoms with Crippen molar-refractivity contribution < 1.29 is 23.9 Å². The van der Waals surface area contributed by atoms with Crippen LogP contribution >= 0.6 is 0 Å². The van der Waals surface area contributed by atoms with Crippen LogP contribution in [0.3, 0.4) is 0 Å². The summed E-state index contributed by atoms with van der Waals surface area (Å²) in [5.74, 6) is -1.58. The van der Waals surface area contributed by atoms with Gasteiger partial charge in [0, 0.05) is 5.92 Å². The summed E-state index contributed by atoms with van der Waals surface area (Å²) >= 11 is 0. The van der Waals surface area contributed by atoms with Gasteiger partial charge in [-0.3, -0.25) is 19.2 Å². The summed E-state index contributed by atoms with van der Waals surface area (Å²) < 4.78 is 4.75. The number of hydrogen-bond acceptors (Lipinski definition) is 5. The van der Waals surface area contributed by atoms with Crippen LogP contribution < -0.4 is 10.6 Å². The summed E-state index contributed by atoms with van der Waals surface area (Å²) in [5.41, 5.74) is 0. The van der Waals surface area contributed by atoms with Crippen molar-refractivity contribution in [2.45, 2.75) is 71.8 Å². The number of carbonyl (C=O) groups excluding carboxylic acids is 4. The van der Waals surface area contributed by atoms with Gasteiger partial charge in [0.25, 0.3) is 5.91 Å². The molecule has 164 valence electrons. The van der Waals surface area contributed by atoms with Crippen LogP contribution in [0.5, 0.6) is 0 Å². The van der Waals surface area contributed by atoms with Crippen molar-refractivity contribution in [1.82, 2.24) is 10.6 Å². The van der Waals surface area contributed by atoms with E-state index in [1.54, 1.807) is 0 Å². The maximum absolute atomic E-state index is 12.6. The number of ketones is 1. The fraction of sp³-hybridized carbons (Fsp3) is 0.727. The molecule has 7 nitrogen and oxygen atoms in total. The van der Waals surface area contributed by atoms with Gasteiger partial charge in [-0.2, -0.15) is 0 Å². The molecule has 4 unspecified atom stereocenters. The first-order chi connectivity index (χ1) is 13.8. The fourth-order valence-corrected chi connectivity index (χ4v) is 3.78. The van der Waals surface area contributed by atoms with Crippen molar-refractivity contribution in [3.8, 4) is 0 Å². The number of ether oxygens (including phenoxy) is 1. The van der Waals surface area contributed by atoms with Crippen molar-refractivity contribution in [1.29, 1.82) is 0 Å². The van der Waals surface area contributed by atoms with E-state index in [-0.39, 0.29) is 18.4 Å². The number of rotatable bonds is 12. The van der Waals surface area contributed by atoms with Crippen LogP contribution in [-0.2, 0) is 23.9 Å². The van der Waals surface area contributed by atoms with Gasteiger partial charge in [0.15, 0.2) is 0 Å². The Kier molecular flexibility index (Phi) is 11.2. The average molecular weight is 409 g/mol. The van der Waals surface area contributed by atoms with E-state index in [4.69, 9.17) is 4.74 Å². The third kappa shape index (κ3) is 8.79. The van der Waals surface area contributed by atoms with Crippen LogP contribution in [0, 0.1) is 17.8 Å². The second-order valence-corrected chi connectivity index (χ2v) is 8.03. The van der Waals surface area contributed by atoms with Crippen molar-refractivity contribution in [2.24, 2.45) is 17.8 Å². The number of amides is 2. The fourth-order valence-electron chi connectivity index (χ4n) is 3.78. The molecule has 7 heteroatoms. The topological polar surface area (TPSA) is 102 Å². The first-order valence-electron chi connectivity index (χ1n) is 10.7. The lowest BCUT2D eigenvalue weighted by Gasteiger charge is -2.30. The minimum absolute atomic E-state index is 0.0364. The molecule has 1 fully saturated rings. The zero-order chi connectivity index (χ0) is 21.8. The van der Waals surface area contributed by atoms with Crippen LogP contribution in [0.25, 0.3) is 0 Å². The molecule has 2 amide bonds. The van der Waals surface area contributed by atoms with Gasteiger partial charge in [-0.05, 0) is 24.7 Å². The molecule has 0 saturated heterocycles. The molecule has 0 radical (unpaired) electrons. The standard InChI is InChI=1S/C22H36N2O5/c1-5-9-18(20(26)22(28)23-14-19(25)29-12-6-2)24-21(27)16(4)13-17-11-8-7-10-15(17)3/h6,15-18H,2,5,7-14H2,1,3-4H3,(H,23,28)(H,24,27). The van der Waals surface area contributed by atoms with Gasteiger partial charge in [0.2, 0.25) is 11.7 Å². The SMILES string of the molecule is C=CCOC(=O)CNC(=O)C(=O)C(CCC)NC(=O)C(C)CC1CCCCC1C. The first-order valence-corrected chi connectivity index (χ1v) is 10.7. The van der Waals surface area contributed by atoms with Crippen LogP contribution in [0.15, 0.2) is 12.7 Å². The molecule has 0 spiro atoms. The van der Waals surface area contributed by atoms with Gasteiger partial charge in [0.05, 0.1) is 6.04 Å². The number of nitrogens with one attached hydrogen (secondary N) is 2. The maximum atomic E-state index is 12.6. The van der Waals surface area contributed by atoms with Gasteiger partial charge < -0.3 is 15.4 Å². The normalized spacial score (nSPS) is 20.8. The summed E-state index contributed by atoms with van der Waals surface area (Å²) in [5, 5.41) is 5.00. The monoisotopic (exact) mass is 408 g/mol. The lowest BCUT2D eigenvalue weighted by molar-refractivity contribution is -0.145. The molecular weight excluding hydrogens is 372 g/mol. The third-order valence-electron chi connectivity index (χ3n) is 5.58. The van der Waals surface area contributed by atoms with E-state index in [0.717, 1.165) is 12.8 Å². The van der Waals surface area contributed by atoms with Gasteiger partial charge >= 0.3 is 5.97 Å². The van der Waals surface area contributed by atoms with Crippen LogP contribution in [0.1, 0.15) is 65.7 Å². The predicted octanol–water partition coefficient (Wildman–Crippen LogP) is 2.54. The van der Waals surface area contributed by atoms with E-state index in [0.29, 0.717) is 24.7 Å². The molecule has 1 aliphatic carbocycles. The van der Waals surface area contributed by atoms with Gasteiger partial charge in [-0.1, -0.05) is 65.5 Å². The first kappa shape index (κ1) is 24.9. The van der Waals surface area contributed by atoms with E-state index in [1.165, 1.54) is 25.3 Å². The number of hydrogen-bond donors (Lipinski definition) is 2. The molecule has 1 aliphatic rings. The van der Waals surface area contributed by atoms with Crippen molar-refractivity contribution in [2.75, 3.05) is 13.2 Å². The lowest BCUT2D eigenvalue weighted by atomic mass is 9.76. The highest BCUT2D eigenvalue weighted by Crippen LogP contribution is 2.34. The highest BCUT2D eigenvalue weighted by molar-refractivity contribution is 6.38. The molecule has 2 N–H and O–H groups in total. The quantitative estimate of drug-likeness (QED) is 0.294. The maximum Gasteiger partial charge on any atom is 0.325 e. The Morgan fingerprint density at radius 2 is 1.90 bits per heavy atom. The Bertz CT molecular complexity index is 590. The van der Waals surface area contributed by atoms with E-state index >= 15 is 0 Å². The predicted molar refractivity (Wildman–Crippen MR) is 111 cm³/mol. The summed E-state index contributed by atoms with van der Waals surface area (Å²) in [4.78, 5) is 48.7. The molecule has 0 aromatic rings. The summed E-state index contributed by atoms with van der Waals surface area (Å²) in [6.07, 6.45) is 8.00. The number of Topliss-reactive ketones (excluding diaryl/α,β-unsaturated/α-hetero) is 1. The van der Waals surface area contributed by atoms with Crippen LogP contribution in [-0.4, -0.2) is 42.8 Å². The second-order valence-electron chi connectivity index (χ2n) is 8.03. The smallest absolute Gasteiger partial charge is 0.325 e. The Hall–Kier alpha value is -2.18. The summed E-state index contributed by atoms with van der Waals surface area (Å²) in [6, 6.07) is -0.886. The molecule has 0 bridgehead atoms. The van der Waals surface area contributed by atoms with Crippen molar-refractivity contribution in [3.63, 3.8) is 0 Å². The largest absolute Gasteiger partial charge is 0.460 e. The third-order valence-corrected chi connectivity index (χ3v) is 5.58. The molecule has 1 rings (SSSR count). The van der Waals surface area contributed by atoms with Crippen molar-refractivity contribution >= 4 is 23.6 Å². The molecule has 4 atom stereocenters. The van der Waals surface area contributed by atoms with E-state index in [2.05, 4.69) is 24.1 Å². The molecule has 1 saturated carbocycles. The average Bonchev–Trinajstić information content (AvgIpc) is 2.70. The van der Waals surface area contributed by atoms with Crippen molar-refractivity contribution in [3.05, 3.63) is 12.7 Å². The van der Waals surface area contributed by atoms with E-state index < -0.39 is 30.2 Å². The zero-order valence-electron chi connectivity index (χ0n) is 18.0. The summed E-state index contributed by atoms with van der Waals surface area (Å²) in [7, 11) is 0. The van der Waals surface area contributed by atoms with Gasteiger partial charge in [0.1, 0.15) is 13.2 Å². The minimum atomic E-state index is -0.896. The van der Waals surface area contributed by atoms with Crippen LogP contribution in [0.4, 0.5) is 0 Å². The Morgan fingerprint density at radius 3 is 2.52 bits per heavy atom. The van der Waals surface area contributed by atoms with Gasteiger partial charge in [-0.25, -0.2) is 0 Å². The Morgan fingerprint density at radius 1 is 1.21 bits per heavy atom. The molecule has 29 heavy (non-hydrogen) atoms. The molecular formula is C22H36N2O5. The molecule has 0 aromatic heterocycles.